The van der Waals surface area contributed by atoms with Gasteiger partial charge in [0.15, 0.2) is 0 Å². The summed E-state index contributed by atoms with van der Waals surface area (Å²) in [5.74, 6) is -0.408. The minimum atomic E-state index is -0.849. The van der Waals surface area contributed by atoms with Crippen molar-refractivity contribution >= 4 is 5.97 Å². The Morgan fingerprint density at radius 2 is 1.32 bits per heavy atom. The monoisotopic (exact) mass is 416 g/mol. The number of esters is 1. The molecule has 0 saturated heterocycles. The van der Waals surface area contributed by atoms with Crippen LogP contribution >= 0.6 is 0 Å². The van der Waals surface area contributed by atoms with Gasteiger partial charge in [-0.05, 0) is 23.6 Å². The van der Waals surface area contributed by atoms with Gasteiger partial charge in [-0.1, -0.05) is 97.1 Å². The molecule has 4 heteroatoms. The Bertz CT molecular complexity index is 842. The van der Waals surface area contributed by atoms with E-state index in [9.17, 15) is 4.79 Å². The zero-order chi connectivity index (χ0) is 21.9. The van der Waals surface area contributed by atoms with Gasteiger partial charge in [0.25, 0.3) is 0 Å². The third-order valence-corrected chi connectivity index (χ3v) is 4.99. The molecule has 3 rings (SSSR count). The molecule has 4 nitrogen and oxygen atoms in total. The molecule has 0 aliphatic carbocycles. The Morgan fingerprint density at radius 1 is 0.871 bits per heavy atom. The Balaban J connectivity index is 1.98. The molecule has 1 atom stereocenters. The van der Waals surface area contributed by atoms with E-state index in [1.807, 2.05) is 54.6 Å². The minimum absolute atomic E-state index is 0.150. The molecular formula is C27H28O4. The van der Waals surface area contributed by atoms with Gasteiger partial charge < -0.3 is 14.2 Å². The van der Waals surface area contributed by atoms with E-state index in [1.54, 1.807) is 13.0 Å². The minimum Gasteiger partial charge on any atom is -0.464 e. The van der Waals surface area contributed by atoms with E-state index in [0.29, 0.717) is 6.61 Å². The highest BCUT2D eigenvalue weighted by molar-refractivity contribution is 5.70. The molecule has 0 saturated carbocycles. The summed E-state index contributed by atoms with van der Waals surface area (Å²) in [7, 11) is 0. The summed E-state index contributed by atoms with van der Waals surface area (Å²) in [5.41, 5.74) is 2.15. The average molecular weight is 417 g/mol. The predicted molar refractivity (Wildman–Crippen MR) is 122 cm³/mol. The summed E-state index contributed by atoms with van der Waals surface area (Å²) in [5, 5.41) is 0. The molecule has 0 spiro atoms. The van der Waals surface area contributed by atoms with E-state index >= 15 is 0 Å². The summed E-state index contributed by atoms with van der Waals surface area (Å²) in [6.07, 6.45) is 1.17. The fourth-order valence-corrected chi connectivity index (χ4v) is 3.54. The molecule has 0 radical (unpaired) electrons. The highest BCUT2D eigenvalue weighted by Gasteiger charge is 2.38. The highest BCUT2D eigenvalue weighted by Crippen LogP contribution is 2.40. The average Bonchev–Trinajstić information content (AvgIpc) is 2.83. The van der Waals surface area contributed by atoms with Gasteiger partial charge in [0.2, 0.25) is 0 Å². The molecule has 160 valence electrons. The molecule has 0 heterocycles. The van der Waals surface area contributed by atoms with Crippen molar-refractivity contribution in [2.45, 2.75) is 18.6 Å². The molecule has 0 unspecified atom stereocenters. The maximum atomic E-state index is 11.7. The quantitative estimate of drug-likeness (QED) is 0.247. The van der Waals surface area contributed by atoms with E-state index < -0.39 is 17.7 Å². The van der Waals surface area contributed by atoms with Gasteiger partial charge in [0, 0.05) is 0 Å². The fraction of sp³-hybridized carbons (Fsp3) is 0.222. The van der Waals surface area contributed by atoms with Crippen LogP contribution < -0.4 is 0 Å². The first-order valence-electron chi connectivity index (χ1n) is 10.4. The van der Waals surface area contributed by atoms with Gasteiger partial charge >= 0.3 is 5.97 Å². The summed E-state index contributed by atoms with van der Waals surface area (Å²) < 4.78 is 17.3. The molecule has 0 aliphatic heterocycles. The van der Waals surface area contributed by atoms with Crippen LogP contribution in [0.15, 0.2) is 104 Å². The number of carbonyl (C=O) groups is 1. The maximum Gasteiger partial charge on any atom is 0.332 e. The SMILES string of the molecule is C=C[C@@H](COC(c1ccccc1)(c1ccccc1)c1ccccc1)OCC(=O)OCC. The first-order chi connectivity index (χ1) is 15.2. The molecule has 3 aromatic carbocycles. The molecule has 0 aromatic heterocycles. The van der Waals surface area contributed by atoms with Crippen LogP contribution in [0, 0.1) is 0 Å². The second kappa shape index (κ2) is 11.3. The van der Waals surface area contributed by atoms with Crippen molar-refractivity contribution in [2.75, 3.05) is 19.8 Å². The van der Waals surface area contributed by atoms with Crippen molar-refractivity contribution in [3.63, 3.8) is 0 Å². The second-order valence-corrected chi connectivity index (χ2v) is 6.98. The smallest absolute Gasteiger partial charge is 0.332 e. The van der Waals surface area contributed by atoms with Crippen LogP contribution in [0.2, 0.25) is 0 Å². The first-order valence-corrected chi connectivity index (χ1v) is 10.4. The molecule has 0 N–H and O–H groups in total. The van der Waals surface area contributed by atoms with Gasteiger partial charge in [0.1, 0.15) is 12.2 Å². The molecule has 0 aliphatic rings. The predicted octanol–water partition coefficient (Wildman–Crippen LogP) is 5.13. The van der Waals surface area contributed by atoms with Gasteiger partial charge in [-0.15, -0.1) is 6.58 Å². The summed E-state index contributed by atoms with van der Waals surface area (Å²) in [6, 6.07) is 30.3. The lowest BCUT2D eigenvalue weighted by Crippen LogP contribution is -2.36. The fourth-order valence-electron chi connectivity index (χ4n) is 3.54. The summed E-state index contributed by atoms with van der Waals surface area (Å²) in [6.45, 7) is 5.99. The van der Waals surface area contributed by atoms with E-state index in [2.05, 4.69) is 43.0 Å². The van der Waals surface area contributed by atoms with Gasteiger partial charge in [0.05, 0.1) is 19.3 Å². The standard InChI is InChI=1S/C27H28O4/c1-3-25(30-21-26(28)29-4-2)20-31-27(22-14-8-5-9-15-22,23-16-10-6-11-17-23)24-18-12-7-13-19-24/h3,5-19,25H,1,4,20-21H2,2H3/t25-/m0/s1. The Labute approximate surface area is 184 Å². The van der Waals surface area contributed by atoms with Crippen LogP contribution in [-0.2, 0) is 24.6 Å². The third kappa shape index (κ3) is 5.48. The summed E-state index contributed by atoms with van der Waals surface area (Å²) >= 11 is 0. The van der Waals surface area contributed by atoms with Crippen molar-refractivity contribution in [2.24, 2.45) is 0 Å². The maximum absolute atomic E-state index is 11.7. The van der Waals surface area contributed by atoms with E-state index in [1.165, 1.54) is 0 Å². The zero-order valence-corrected chi connectivity index (χ0v) is 17.8. The number of hydrogen-bond acceptors (Lipinski definition) is 4. The topological polar surface area (TPSA) is 44.8 Å². The number of hydrogen-bond donors (Lipinski definition) is 0. The number of rotatable bonds is 11. The van der Waals surface area contributed by atoms with Crippen molar-refractivity contribution in [3.8, 4) is 0 Å². The Morgan fingerprint density at radius 3 is 1.71 bits per heavy atom. The zero-order valence-electron chi connectivity index (χ0n) is 17.8. The van der Waals surface area contributed by atoms with Crippen LogP contribution in [0.1, 0.15) is 23.6 Å². The molecule has 0 bridgehead atoms. The summed E-state index contributed by atoms with van der Waals surface area (Å²) in [4.78, 5) is 11.7. The Hall–Kier alpha value is -3.21. The lowest BCUT2D eigenvalue weighted by Gasteiger charge is -2.36. The van der Waals surface area contributed by atoms with Crippen molar-refractivity contribution in [1.29, 1.82) is 0 Å². The normalized spacial score (nSPS) is 12.2. The van der Waals surface area contributed by atoms with Crippen LogP contribution in [0.25, 0.3) is 0 Å². The van der Waals surface area contributed by atoms with E-state index in [0.717, 1.165) is 16.7 Å². The van der Waals surface area contributed by atoms with Crippen molar-refractivity contribution in [1.82, 2.24) is 0 Å². The van der Waals surface area contributed by atoms with Crippen molar-refractivity contribution < 1.29 is 19.0 Å². The van der Waals surface area contributed by atoms with Crippen LogP contribution in [0.3, 0.4) is 0 Å². The van der Waals surface area contributed by atoms with Gasteiger partial charge in [-0.2, -0.15) is 0 Å². The lowest BCUT2D eigenvalue weighted by molar-refractivity contribution is -0.151. The molecule has 3 aromatic rings. The number of carbonyl (C=O) groups excluding carboxylic acids is 1. The van der Waals surface area contributed by atoms with Crippen LogP contribution in [0.5, 0.6) is 0 Å². The van der Waals surface area contributed by atoms with E-state index in [4.69, 9.17) is 14.2 Å². The van der Waals surface area contributed by atoms with Gasteiger partial charge in [-0.25, -0.2) is 4.79 Å². The molecule has 0 fully saturated rings. The van der Waals surface area contributed by atoms with Crippen LogP contribution in [-0.4, -0.2) is 31.9 Å². The van der Waals surface area contributed by atoms with Gasteiger partial charge in [-0.3, -0.25) is 0 Å². The van der Waals surface area contributed by atoms with Crippen molar-refractivity contribution in [3.05, 3.63) is 120 Å². The lowest BCUT2D eigenvalue weighted by atomic mass is 9.80. The van der Waals surface area contributed by atoms with E-state index in [-0.39, 0.29) is 13.2 Å². The largest absolute Gasteiger partial charge is 0.464 e. The molecular weight excluding hydrogens is 388 g/mol. The first kappa shape index (κ1) is 22.5. The Kier molecular flexibility index (Phi) is 8.16. The molecule has 0 amide bonds. The molecule has 31 heavy (non-hydrogen) atoms. The third-order valence-electron chi connectivity index (χ3n) is 4.99. The van der Waals surface area contributed by atoms with Crippen LogP contribution in [0.4, 0.5) is 0 Å². The number of ether oxygens (including phenoxy) is 3. The highest BCUT2D eigenvalue weighted by atomic mass is 16.6. The number of benzene rings is 3. The second-order valence-electron chi connectivity index (χ2n) is 6.98.